The minimum Gasteiger partial charge on any atom is -0.232 e. The monoisotopic (exact) mass is 307 g/mol. The van der Waals surface area contributed by atoms with Crippen LogP contribution in [-0.2, 0) is 6.42 Å². The highest BCUT2D eigenvalue weighted by atomic mass is 35.5. The first-order chi connectivity index (χ1) is 10.6. The van der Waals surface area contributed by atoms with Gasteiger partial charge in [-0.05, 0) is 24.6 Å². The van der Waals surface area contributed by atoms with Crippen molar-refractivity contribution in [2.45, 2.75) is 13.3 Å². The summed E-state index contributed by atoms with van der Waals surface area (Å²) in [4.78, 5) is 4.44. The van der Waals surface area contributed by atoms with E-state index in [2.05, 4.69) is 22.2 Å². The second kappa shape index (κ2) is 5.48. The first-order valence-corrected chi connectivity index (χ1v) is 6.93. The van der Waals surface area contributed by atoms with Gasteiger partial charge in [0.25, 0.3) is 0 Å². The summed E-state index contributed by atoms with van der Waals surface area (Å²) in [5.74, 6) is 0. The lowest BCUT2D eigenvalue weighted by Gasteiger charge is -2.09. The van der Waals surface area contributed by atoms with Gasteiger partial charge in [0.05, 0.1) is 17.8 Å². The third-order valence-electron chi connectivity index (χ3n) is 3.47. The molecule has 0 aliphatic rings. The van der Waals surface area contributed by atoms with E-state index >= 15 is 0 Å². The first-order valence-electron chi connectivity index (χ1n) is 6.56. The summed E-state index contributed by atoms with van der Waals surface area (Å²) in [7, 11) is 0. The smallest absolute Gasteiger partial charge is 0.174 e. The van der Waals surface area contributed by atoms with Crippen molar-refractivity contribution < 1.29 is 0 Å². The van der Waals surface area contributed by atoms with E-state index in [1.165, 1.54) is 10.7 Å². The van der Waals surface area contributed by atoms with E-state index in [1.807, 2.05) is 19.1 Å². The van der Waals surface area contributed by atoms with E-state index in [-0.39, 0.29) is 0 Å². The largest absolute Gasteiger partial charge is 0.232 e. The van der Waals surface area contributed by atoms with Crippen LogP contribution in [0.1, 0.15) is 27.9 Å². The number of fused-ring (bicyclic) bond motifs is 1. The van der Waals surface area contributed by atoms with Gasteiger partial charge in [0, 0.05) is 17.7 Å². The molecule has 0 aliphatic heterocycles. The number of hydrogen-bond donors (Lipinski definition) is 0. The van der Waals surface area contributed by atoms with E-state index < -0.39 is 0 Å². The van der Waals surface area contributed by atoms with E-state index in [4.69, 9.17) is 22.1 Å². The summed E-state index contributed by atoms with van der Waals surface area (Å²) < 4.78 is 1.48. The summed E-state index contributed by atoms with van der Waals surface area (Å²) in [6.45, 7) is 1.86. The number of halogens is 1. The van der Waals surface area contributed by atoms with Crippen molar-refractivity contribution >= 4 is 17.2 Å². The molecule has 2 aromatic heterocycles. The molecule has 6 heteroatoms. The van der Waals surface area contributed by atoms with Crippen molar-refractivity contribution in [3.05, 3.63) is 63.6 Å². The molecular weight excluding hydrogens is 298 g/mol. The van der Waals surface area contributed by atoms with Crippen LogP contribution in [0.4, 0.5) is 0 Å². The molecule has 0 fully saturated rings. The Hall–Kier alpha value is -2.89. The van der Waals surface area contributed by atoms with Crippen LogP contribution in [0.5, 0.6) is 0 Å². The second-order valence-corrected chi connectivity index (χ2v) is 5.22. The van der Waals surface area contributed by atoms with Crippen LogP contribution in [0.25, 0.3) is 5.65 Å². The third kappa shape index (κ3) is 2.28. The lowest BCUT2D eigenvalue weighted by molar-refractivity contribution is 0.902. The van der Waals surface area contributed by atoms with Crippen LogP contribution in [0, 0.1) is 29.6 Å². The number of hydrogen-bond acceptors (Lipinski definition) is 4. The van der Waals surface area contributed by atoms with Gasteiger partial charge >= 0.3 is 0 Å². The Balaban J connectivity index is 2.07. The average Bonchev–Trinajstić information content (AvgIpc) is 2.95. The quantitative estimate of drug-likeness (QED) is 0.682. The van der Waals surface area contributed by atoms with Crippen molar-refractivity contribution in [3.8, 4) is 12.1 Å². The summed E-state index contributed by atoms with van der Waals surface area (Å²) >= 11 is 6.42. The molecule has 0 bridgehead atoms. The molecule has 0 saturated heterocycles. The molecule has 0 unspecified atom stereocenters. The molecule has 0 atom stereocenters. The Morgan fingerprint density at radius 1 is 1.18 bits per heavy atom. The maximum atomic E-state index is 9.05. The van der Waals surface area contributed by atoms with Crippen LogP contribution in [0.15, 0.2) is 30.5 Å². The Bertz CT molecular complexity index is 942. The van der Waals surface area contributed by atoms with Gasteiger partial charge < -0.3 is 0 Å². The molecule has 0 spiro atoms. The fourth-order valence-corrected chi connectivity index (χ4v) is 2.60. The van der Waals surface area contributed by atoms with Crippen molar-refractivity contribution in [2.75, 3.05) is 0 Å². The molecule has 0 amide bonds. The molecule has 0 aliphatic carbocycles. The molecule has 0 saturated carbocycles. The Morgan fingerprint density at radius 3 is 2.55 bits per heavy atom. The summed E-state index contributed by atoms with van der Waals surface area (Å²) in [5, 5.41) is 22.4. The number of nitrogens with zero attached hydrogens (tertiary/aromatic N) is 5. The highest BCUT2D eigenvalue weighted by Crippen LogP contribution is 2.24. The maximum absolute atomic E-state index is 9.05. The lowest BCUT2D eigenvalue weighted by Crippen LogP contribution is -2.03. The molecule has 2 heterocycles. The van der Waals surface area contributed by atoms with Gasteiger partial charge in [-0.15, -0.1) is 0 Å². The number of rotatable bonds is 2. The van der Waals surface area contributed by atoms with E-state index in [0.717, 1.165) is 16.8 Å². The molecule has 106 valence electrons. The van der Waals surface area contributed by atoms with Crippen LogP contribution in [-0.4, -0.2) is 14.6 Å². The van der Waals surface area contributed by atoms with Crippen LogP contribution >= 0.6 is 11.6 Å². The standard InChI is InChI=1S/C16H10ClN5/c1-10-14(6-11-2-4-12(7-18)5-3-11)15(17)22-16(21-10)13(8-19)9-20-22/h2-5,9H,6H2,1H3. The van der Waals surface area contributed by atoms with Crippen molar-refractivity contribution in [1.29, 1.82) is 10.5 Å². The SMILES string of the molecule is Cc1nc2c(C#N)cnn2c(Cl)c1Cc1ccc(C#N)cc1. The van der Waals surface area contributed by atoms with Gasteiger partial charge in [-0.25, -0.2) is 9.50 Å². The molecule has 1 aromatic carbocycles. The van der Waals surface area contributed by atoms with Gasteiger partial charge in [-0.2, -0.15) is 15.6 Å². The second-order valence-electron chi connectivity index (χ2n) is 4.86. The normalized spacial score (nSPS) is 10.4. The zero-order chi connectivity index (χ0) is 15.7. The summed E-state index contributed by atoms with van der Waals surface area (Å²) in [6.07, 6.45) is 2.04. The van der Waals surface area contributed by atoms with Gasteiger partial charge in [-0.1, -0.05) is 23.7 Å². The predicted octanol–water partition coefficient (Wildman–Crippen LogP) is 3.03. The third-order valence-corrected chi connectivity index (χ3v) is 3.86. The van der Waals surface area contributed by atoms with Crippen molar-refractivity contribution in [3.63, 3.8) is 0 Å². The van der Waals surface area contributed by atoms with Crippen molar-refractivity contribution in [1.82, 2.24) is 14.6 Å². The van der Waals surface area contributed by atoms with Crippen LogP contribution in [0.3, 0.4) is 0 Å². The molecule has 3 aromatic rings. The topological polar surface area (TPSA) is 77.8 Å². The summed E-state index contributed by atoms with van der Waals surface area (Å²) in [6, 6.07) is 11.5. The summed E-state index contributed by atoms with van der Waals surface area (Å²) in [5.41, 5.74) is 4.12. The number of aryl methyl sites for hydroxylation is 1. The Labute approximate surface area is 132 Å². The minimum absolute atomic E-state index is 0.398. The highest BCUT2D eigenvalue weighted by molar-refractivity contribution is 6.30. The molecule has 5 nitrogen and oxygen atoms in total. The molecule has 0 N–H and O–H groups in total. The highest BCUT2D eigenvalue weighted by Gasteiger charge is 2.15. The first kappa shape index (κ1) is 14.1. The van der Waals surface area contributed by atoms with E-state index in [1.54, 1.807) is 12.1 Å². The molecule has 3 rings (SSSR count). The van der Waals surface area contributed by atoms with Gasteiger partial charge in [0.15, 0.2) is 5.65 Å². The number of aromatic nitrogens is 3. The molecule has 22 heavy (non-hydrogen) atoms. The fourth-order valence-electron chi connectivity index (χ4n) is 2.28. The van der Waals surface area contributed by atoms with Gasteiger partial charge in [0.2, 0.25) is 0 Å². The molecular formula is C16H10ClN5. The average molecular weight is 308 g/mol. The van der Waals surface area contributed by atoms with Crippen LogP contribution in [0.2, 0.25) is 5.15 Å². The minimum atomic E-state index is 0.398. The Morgan fingerprint density at radius 2 is 1.91 bits per heavy atom. The lowest BCUT2D eigenvalue weighted by atomic mass is 10.0. The van der Waals surface area contributed by atoms with E-state index in [0.29, 0.717) is 28.3 Å². The van der Waals surface area contributed by atoms with Crippen LogP contribution < -0.4 is 0 Å². The maximum Gasteiger partial charge on any atom is 0.174 e. The fraction of sp³-hybridized carbons (Fsp3) is 0.125. The molecule has 0 radical (unpaired) electrons. The zero-order valence-corrected chi connectivity index (χ0v) is 12.5. The zero-order valence-electron chi connectivity index (χ0n) is 11.7. The van der Waals surface area contributed by atoms with E-state index in [9.17, 15) is 0 Å². The number of benzene rings is 1. The predicted molar refractivity (Wildman–Crippen MR) is 81.4 cm³/mol. The van der Waals surface area contributed by atoms with Gasteiger partial charge in [0.1, 0.15) is 16.8 Å². The Kier molecular flexibility index (Phi) is 3.50. The van der Waals surface area contributed by atoms with Crippen molar-refractivity contribution in [2.24, 2.45) is 0 Å². The van der Waals surface area contributed by atoms with Gasteiger partial charge in [-0.3, -0.25) is 0 Å². The number of nitriles is 2.